The summed E-state index contributed by atoms with van der Waals surface area (Å²) >= 11 is 0. The third-order valence-corrected chi connectivity index (χ3v) is 3.24. The molecule has 0 spiro atoms. The molecule has 1 fully saturated rings. The molecule has 1 aromatic carbocycles. The predicted molar refractivity (Wildman–Crippen MR) is 73.0 cm³/mol. The van der Waals surface area contributed by atoms with Gasteiger partial charge in [-0.3, -0.25) is 10.2 Å². The minimum atomic E-state index is 0.950. The Morgan fingerprint density at radius 1 is 1.18 bits per heavy atom. The van der Waals surface area contributed by atoms with Crippen LogP contribution in [0.3, 0.4) is 0 Å². The van der Waals surface area contributed by atoms with Gasteiger partial charge >= 0.3 is 0 Å². The second-order valence-electron chi connectivity index (χ2n) is 4.83. The molecule has 0 aliphatic carbocycles. The fraction of sp³-hybridized carbons (Fsp3) is 0.571. The number of unbranched alkanes of at least 4 members (excludes halogenated alkanes) is 1. The van der Waals surface area contributed by atoms with Crippen LogP contribution in [-0.2, 0) is 0 Å². The van der Waals surface area contributed by atoms with Crippen molar-refractivity contribution >= 4 is 5.69 Å². The molecule has 0 aromatic heterocycles. The molecule has 1 aromatic rings. The molecule has 0 radical (unpaired) electrons. The molecule has 1 heterocycles. The Balaban J connectivity index is 1.94. The van der Waals surface area contributed by atoms with Crippen LogP contribution in [0.4, 0.5) is 5.69 Å². The second kappa shape index (κ2) is 6.03. The average molecular weight is 233 g/mol. The molecular weight excluding hydrogens is 210 g/mol. The summed E-state index contributed by atoms with van der Waals surface area (Å²) < 4.78 is 0. The number of hydrogen-bond acceptors (Lipinski definition) is 3. The molecular formula is C14H23N3. The zero-order valence-electron chi connectivity index (χ0n) is 10.9. The molecule has 0 unspecified atom stereocenters. The number of anilines is 1. The zero-order chi connectivity index (χ0) is 12.1. The third kappa shape index (κ3) is 3.45. The summed E-state index contributed by atoms with van der Waals surface area (Å²) in [4.78, 5) is 4.85. The van der Waals surface area contributed by atoms with Gasteiger partial charge in [0.15, 0.2) is 0 Å². The maximum atomic E-state index is 3.46. The smallest absolute Gasteiger partial charge is 0.0730 e. The lowest BCUT2D eigenvalue weighted by atomic mass is 10.2. The van der Waals surface area contributed by atoms with E-state index in [-0.39, 0.29) is 0 Å². The normalized spacial score (nSPS) is 17.4. The highest BCUT2D eigenvalue weighted by molar-refractivity contribution is 5.47. The quantitative estimate of drug-likeness (QED) is 0.861. The van der Waals surface area contributed by atoms with Crippen molar-refractivity contribution in [2.75, 3.05) is 31.5 Å². The predicted octanol–water partition coefficient (Wildman–Crippen LogP) is 2.38. The SMILES string of the molecule is CCCCN1CNCN(c2ccc(C)cc2)C1. The van der Waals surface area contributed by atoms with E-state index in [9.17, 15) is 0 Å². The van der Waals surface area contributed by atoms with Crippen LogP contribution in [0.25, 0.3) is 0 Å². The van der Waals surface area contributed by atoms with Crippen molar-refractivity contribution in [3.05, 3.63) is 29.8 Å². The molecule has 1 aliphatic rings. The molecule has 0 amide bonds. The molecule has 3 heteroatoms. The van der Waals surface area contributed by atoms with E-state index in [1.165, 1.54) is 30.6 Å². The standard InChI is InChI=1S/C14H23N3/c1-3-4-9-16-10-15-11-17(12-16)14-7-5-13(2)6-8-14/h5-8,15H,3-4,9-12H2,1-2H3. The lowest BCUT2D eigenvalue weighted by Gasteiger charge is -2.37. The fourth-order valence-corrected chi connectivity index (χ4v) is 2.14. The number of nitrogens with one attached hydrogen (secondary N) is 1. The number of benzene rings is 1. The molecule has 3 nitrogen and oxygen atoms in total. The van der Waals surface area contributed by atoms with Crippen molar-refractivity contribution in [1.82, 2.24) is 10.2 Å². The van der Waals surface area contributed by atoms with Crippen molar-refractivity contribution in [1.29, 1.82) is 0 Å². The Hall–Kier alpha value is -1.06. The topological polar surface area (TPSA) is 18.5 Å². The number of nitrogens with zero attached hydrogens (tertiary/aromatic N) is 2. The van der Waals surface area contributed by atoms with Crippen LogP contribution in [0, 0.1) is 6.92 Å². The highest BCUT2D eigenvalue weighted by Crippen LogP contribution is 2.16. The maximum absolute atomic E-state index is 3.46. The van der Waals surface area contributed by atoms with Crippen LogP contribution in [0.15, 0.2) is 24.3 Å². The van der Waals surface area contributed by atoms with E-state index in [1.807, 2.05) is 0 Å². The number of aryl methyl sites for hydroxylation is 1. The van der Waals surface area contributed by atoms with Gasteiger partial charge in [-0.25, -0.2) is 0 Å². The summed E-state index contributed by atoms with van der Waals surface area (Å²) in [5.74, 6) is 0. The highest BCUT2D eigenvalue weighted by atomic mass is 15.4. The summed E-state index contributed by atoms with van der Waals surface area (Å²) in [7, 11) is 0. The molecule has 17 heavy (non-hydrogen) atoms. The molecule has 1 aliphatic heterocycles. The van der Waals surface area contributed by atoms with Gasteiger partial charge in [-0.2, -0.15) is 0 Å². The largest absolute Gasteiger partial charge is 0.346 e. The van der Waals surface area contributed by atoms with Gasteiger partial charge in [-0.05, 0) is 25.5 Å². The molecule has 2 rings (SSSR count). The Kier molecular flexibility index (Phi) is 4.40. The van der Waals surface area contributed by atoms with E-state index in [2.05, 4.69) is 53.2 Å². The fourth-order valence-electron chi connectivity index (χ4n) is 2.14. The molecule has 94 valence electrons. The molecule has 0 bridgehead atoms. The minimum Gasteiger partial charge on any atom is -0.346 e. The van der Waals surface area contributed by atoms with E-state index >= 15 is 0 Å². The van der Waals surface area contributed by atoms with Crippen LogP contribution in [0.2, 0.25) is 0 Å². The summed E-state index contributed by atoms with van der Waals surface area (Å²) in [6.07, 6.45) is 2.55. The van der Waals surface area contributed by atoms with Crippen LogP contribution in [0.1, 0.15) is 25.3 Å². The van der Waals surface area contributed by atoms with Crippen LogP contribution in [0.5, 0.6) is 0 Å². The first-order valence-electron chi connectivity index (χ1n) is 6.54. The Bertz CT molecular complexity index is 334. The van der Waals surface area contributed by atoms with Gasteiger partial charge in [0.25, 0.3) is 0 Å². The van der Waals surface area contributed by atoms with E-state index < -0.39 is 0 Å². The van der Waals surface area contributed by atoms with Gasteiger partial charge in [-0.15, -0.1) is 0 Å². The summed E-state index contributed by atoms with van der Waals surface area (Å²) in [6, 6.07) is 8.78. The molecule has 0 saturated carbocycles. The number of rotatable bonds is 4. The van der Waals surface area contributed by atoms with E-state index in [4.69, 9.17) is 0 Å². The van der Waals surface area contributed by atoms with Gasteiger partial charge in [0.05, 0.1) is 20.0 Å². The first kappa shape index (κ1) is 12.4. The molecule has 1 N–H and O–H groups in total. The minimum absolute atomic E-state index is 0.950. The number of hydrogen-bond donors (Lipinski definition) is 1. The molecule has 0 atom stereocenters. The van der Waals surface area contributed by atoms with Gasteiger partial charge in [-0.1, -0.05) is 31.0 Å². The van der Waals surface area contributed by atoms with E-state index in [0.717, 1.165) is 20.0 Å². The van der Waals surface area contributed by atoms with E-state index in [0.29, 0.717) is 0 Å². The lowest BCUT2D eigenvalue weighted by Crippen LogP contribution is -2.53. The average Bonchev–Trinajstić information content (AvgIpc) is 2.37. The summed E-state index contributed by atoms with van der Waals surface area (Å²) in [6.45, 7) is 8.57. The first-order chi connectivity index (χ1) is 8.29. The van der Waals surface area contributed by atoms with E-state index in [1.54, 1.807) is 0 Å². The van der Waals surface area contributed by atoms with Crippen LogP contribution in [-0.4, -0.2) is 31.5 Å². The molecule has 1 saturated heterocycles. The Morgan fingerprint density at radius 3 is 2.65 bits per heavy atom. The van der Waals surface area contributed by atoms with Gasteiger partial charge in [0.1, 0.15) is 0 Å². The van der Waals surface area contributed by atoms with Crippen LogP contribution >= 0.6 is 0 Å². The zero-order valence-corrected chi connectivity index (χ0v) is 10.9. The van der Waals surface area contributed by atoms with Crippen molar-refractivity contribution in [2.24, 2.45) is 0 Å². The van der Waals surface area contributed by atoms with Gasteiger partial charge in [0, 0.05) is 12.2 Å². The van der Waals surface area contributed by atoms with Crippen molar-refractivity contribution in [2.45, 2.75) is 26.7 Å². The Morgan fingerprint density at radius 2 is 1.94 bits per heavy atom. The third-order valence-electron chi connectivity index (χ3n) is 3.24. The van der Waals surface area contributed by atoms with Crippen molar-refractivity contribution in [3.63, 3.8) is 0 Å². The Labute approximate surface area is 104 Å². The maximum Gasteiger partial charge on any atom is 0.0730 e. The van der Waals surface area contributed by atoms with Gasteiger partial charge in [0.2, 0.25) is 0 Å². The first-order valence-corrected chi connectivity index (χ1v) is 6.54. The van der Waals surface area contributed by atoms with Gasteiger partial charge < -0.3 is 4.90 Å². The van der Waals surface area contributed by atoms with Crippen molar-refractivity contribution < 1.29 is 0 Å². The summed E-state index contributed by atoms with van der Waals surface area (Å²) in [5, 5.41) is 3.46. The monoisotopic (exact) mass is 233 g/mol. The second-order valence-corrected chi connectivity index (χ2v) is 4.83. The van der Waals surface area contributed by atoms with Crippen LogP contribution < -0.4 is 10.2 Å². The van der Waals surface area contributed by atoms with Crippen molar-refractivity contribution in [3.8, 4) is 0 Å². The lowest BCUT2D eigenvalue weighted by molar-refractivity contribution is 0.214. The summed E-state index contributed by atoms with van der Waals surface area (Å²) in [5.41, 5.74) is 2.63. The highest BCUT2D eigenvalue weighted by Gasteiger charge is 2.16.